The Balaban J connectivity index is 1.87. The molecule has 2 rings (SSSR count). The number of hydrogen-bond donors (Lipinski definition) is 2. The number of ether oxygens (including phenoxy) is 2. The van der Waals surface area contributed by atoms with E-state index >= 15 is 0 Å². The number of anilines is 1. The largest absolute Gasteiger partial charge is 0.497 e. The molecule has 0 saturated heterocycles. The average molecular weight is 356 g/mol. The van der Waals surface area contributed by atoms with E-state index in [4.69, 9.17) is 9.47 Å². The van der Waals surface area contributed by atoms with Crippen molar-refractivity contribution in [3.8, 4) is 11.5 Å². The molecule has 2 aromatic carbocycles. The Bertz CT molecular complexity index is 764. The van der Waals surface area contributed by atoms with Gasteiger partial charge in [0.25, 0.3) is 11.8 Å². The van der Waals surface area contributed by atoms with E-state index in [-0.39, 0.29) is 24.0 Å². The summed E-state index contributed by atoms with van der Waals surface area (Å²) >= 11 is 0. The first-order valence-electron chi connectivity index (χ1n) is 8.26. The van der Waals surface area contributed by atoms with E-state index in [2.05, 4.69) is 10.6 Å². The summed E-state index contributed by atoms with van der Waals surface area (Å²) in [6, 6.07) is 13.7. The molecule has 6 nitrogen and oxygen atoms in total. The fraction of sp³-hybridized carbons (Fsp3) is 0.300. The van der Waals surface area contributed by atoms with Gasteiger partial charge in [0.1, 0.15) is 11.5 Å². The maximum absolute atomic E-state index is 12.1. The number of hydrogen-bond acceptors (Lipinski definition) is 4. The number of methoxy groups -OCH3 is 1. The van der Waals surface area contributed by atoms with Gasteiger partial charge in [0.2, 0.25) is 0 Å². The monoisotopic (exact) mass is 356 g/mol. The van der Waals surface area contributed by atoms with Crippen molar-refractivity contribution in [3.05, 3.63) is 54.1 Å². The lowest BCUT2D eigenvalue weighted by Crippen LogP contribution is -2.40. The first-order chi connectivity index (χ1) is 12.3. The van der Waals surface area contributed by atoms with Crippen LogP contribution in [0.4, 0.5) is 5.69 Å². The van der Waals surface area contributed by atoms with Crippen LogP contribution in [0.5, 0.6) is 11.5 Å². The molecule has 26 heavy (non-hydrogen) atoms. The van der Waals surface area contributed by atoms with Gasteiger partial charge in [-0.3, -0.25) is 9.59 Å². The van der Waals surface area contributed by atoms with E-state index in [1.54, 1.807) is 55.6 Å². The van der Waals surface area contributed by atoms with E-state index in [9.17, 15) is 9.59 Å². The molecule has 0 aliphatic rings. The Hall–Kier alpha value is -3.02. The fourth-order valence-corrected chi connectivity index (χ4v) is 2.16. The fourth-order valence-electron chi connectivity index (χ4n) is 2.16. The minimum Gasteiger partial charge on any atom is -0.497 e. The number of carbonyl (C=O) groups excluding carboxylic acids is 2. The van der Waals surface area contributed by atoms with Crippen LogP contribution in [0.2, 0.25) is 0 Å². The standard InChI is InChI=1S/C20H24N2O4/c1-20(2,3)22-19(24)14-8-10-16(11-9-14)26-13-18(23)21-15-6-5-7-17(12-15)25-4/h5-12H,13H2,1-4H3,(H,21,23)(H,22,24). The van der Waals surface area contributed by atoms with Crippen LogP contribution in [0.1, 0.15) is 31.1 Å². The second-order valence-corrected chi connectivity index (χ2v) is 6.80. The van der Waals surface area contributed by atoms with Crippen LogP contribution in [0.15, 0.2) is 48.5 Å². The zero-order valence-corrected chi connectivity index (χ0v) is 15.5. The second kappa shape index (κ2) is 8.38. The van der Waals surface area contributed by atoms with Crippen LogP contribution in [-0.2, 0) is 4.79 Å². The summed E-state index contributed by atoms with van der Waals surface area (Å²) in [6.07, 6.45) is 0. The van der Waals surface area contributed by atoms with Gasteiger partial charge in [-0.1, -0.05) is 6.07 Å². The van der Waals surface area contributed by atoms with Crippen molar-refractivity contribution in [1.82, 2.24) is 5.32 Å². The second-order valence-electron chi connectivity index (χ2n) is 6.80. The lowest BCUT2D eigenvalue weighted by atomic mass is 10.1. The van der Waals surface area contributed by atoms with Crippen LogP contribution < -0.4 is 20.1 Å². The molecule has 138 valence electrons. The number of rotatable bonds is 6. The van der Waals surface area contributed by atoms with Crippen molar-refractivity contribution in [3.63, 3.8) is 0 Å². The van der Waals surface area contributed by atoms with Crippen LogP contribution in [0.3, 0.4) is 0 Å². The maximum Gasteiger partial charge on any atom is 0.262 e. The van der Waals surface area contributed by atoms with E-state index in [0.29, 0.717) is 22.7 Å². The Morgan fingerprint density at radius 1 is 1.00 bits per heavy atom. The Morgan fingerprint density at radius 2 is 1.69 bits per heavy atom. The molecule has 2 aromatic rings. The van der Waals surface area contributed by atoms with Crippen LogP contribution in [0.25, 0.3) is 0 Å². The highest BCUT2D eigenvalue weighted by molar-refractivity contribution is 5.95. The lowest BCUT2D eigenvalue weighted by Gasteiger charge is -2.20. The molecule has 0 spiro atoms. The normalized spacial score (nSPS) is 10.8. The number of carbonyl (C=O) groups is 2. The predicted octanol–water partition coefficient (Wildman–Crippen LogP) is 3.24. The van der Waals surface area contributed by atoms with Gasteiger partial charge in [0.05, 0.1) is 7.11 Å². The molecular weight excluding hydrogens is 332 g/mol. The minimum absolute atomic E-state index is 0.134. The quantitative estimate of drug-likeness (QED) is 0.833. The van der Waals surface area contributed by atoms with Crippen molar-refractivity contribution >= 4 is 17.5 Å². The van der Waals surface area contributed by atoms with E-state index in [0.717, 1.165) is 0 Å². The molecule has 0 aliphatic heterocycles. The third kappa shape index (κ3) is 6.12. The van der Waals surface area contributed by atoms with Crippen LogP contribution in [0, 0.1) is 0 Å². The average Bonchev–Trinajstić information content (AvgIpc) is 2.59. The summed E-state index contributed by atoms with van der Waals surface area (Å²) in [7, 11) is 1.56. The molecule has 0 bridgehead atoms. The molecule has 6 heteroatoms. The zero-order valence-electron chi connectivity index (χ0n) is 15.5. The number of amides is 2. The summed E-state index contributed by atoms with van der Waals surface area (Å²) in [5.41, 5.74) is 0.866. The Kier molecular flexibility index (Phi) is 6.22. The molecular formula is C20H24N2O4. The molecule has 2 N–H and O–H groups in total. The smallest absolute Gasteiger partial charge is 0.262 e. The SMILES string of the molecule is COc1cccc(NC(=O)COc2ccc(C(=O)NC(C)(C)C)cc2)c1. The first kappa shape index (κ1) is 19.3. The first-order valence-corrected chi connectivity index (χ1v) is 8.26. The zero-order chi connectivity index (χ0) is 19.2. The highest BCUT2D eigenvalue weighted by Crippen LogP contribution is 2.17. The molecule has 0 fully saturated rings. The summed E-state index contributed by atoms with van der Waals surface area (Å²) in [6.45, 7) is 5.63. The van der Waals surface area contributed by atoms with E-state index in [1.807, 2.05) is 20.8 Å². The van der Waals surface area contributed by atoms with Crippen molar-refractivity contribution in [1.29, 1.82) is 0 Å². The molecule has 0 radical (unpaired) electrons. The van der Waals surface area contributed by atoms with Crippen molar-refractivity contribution in [2.24, 2.45) is 0 Å². The highest BCUT2D eigenvalue weighted by Gasteiger charge is 2.15. The third-order valence-electron chi connectivity index (χ3n) is 3.33. The summed E-state index contributed by atoms with van der Waals surface area (Å²) in [4.78, 5) is 24.0. The van der Waals surface area contributed by atoms with Crippen molar-refractivity contribution in [2.75, 3.05) is 19.0 Å². The summed E-state index contributed by atoms with van der Waals surface area (Å²) in [5, 5.41) is 5.62. The molecule has 0 aromatic heterocycles. The van der Waals surface area contributed by atoms with Crippen molar-refractivity contribution in [2.45, 2.75) is 26.3 Å². The molecule has 0 unspecified atom stereocenters. The minimum atomic E-state index is -0.301. The van der Waals surface area contributed by atoms with Gasteiger partial charge < -0.3 is 20.1 Å². The Morgan fingerprint density at radius 3 is 2.31 bits per heavy atom. The van der Waals surface area contributed by atoms with E-state index < -0.39 is 0 Å². The van der Waals surface area contributed by atoms with Gasteiger partial charge in [-0.15, -0.1) is 0 Å². The van der Waals surface area contributed by atoms with Crippen LogP contribution in [-0.4, -0.2) is 31.1 Å². The van der Waals surface area contributed by atoms with Gasteiger partial charge in [-0.2, -0.15) is 0 Å². The summed E-state index contributed by atoms with van der Waals surface area (Å²) < 4.78 is 10.6. The topological polar surface area (TPSA) is 76.7 Å². The third-order valence-corrected chi connectivity index (χ3v) is 3.33. The molecule has 0 heterocycles. The molecule has 0 atom stereocenters. The van der Waals surface area contributed by atoms with E-state index in [1.165, 1.54) is 0 Å². The Labute approximate surface area is 153 Å². The maximum atomic E-state index is 12.1. The van der Waals surface area contributed by atoms with Gasteiger partial charge >= 0.3 is 0 Å². The molecule has 2 amide bonds. The molecule has 0 aliphatic carbocycles. The van der Waals surface area contributed by atoms with Crippen LogP contribution >= 0.6 is 0 Å². The number of benzene rings is 2. The van der Waals surface area contributed by atoms with Gasteiger partial charge in [0, 0.05) is 22.9 Å². The number of nitrogens with one attached hydrogen (secondary N) is 2. The lowest BCUT2D eigenvalue weighted by molar-refractivity contribution is -0.118. The van der Waals surface area contributed by atoms with Gasteiger partial charge in [-0.05, 0) is 57.2 Å². The predicted molar refractivity (Wildman–Crippen MR) is 101 cm³/mol. The van der Waals surface area contributed by atoms with Gasteiger partial charge in [-0.25, -0.2) is 0 Å². The summed E-state index contributed by atoms with van der Waals surface area (Å²) in [5.74, 6) is 0.735. The van der Waals surface area contributed by atoms with Gasteiger partial charge in [0.15, 0.2) is 6.61 Å². The molecule has 0 saturated carbocycles. The van der Waals surface area contributed by atoms with Crippen molar-refractivity contribution < 1.29 is 19.1 Å². The highest BCUT2D eigenvalue weighted by atomic mass is 16.5.